The molecule has 1 fully saturated rings. The molecule has 13 heavy (non-hydrogen) atoms. The molecule has 0 bridgehead atoms. The molecule has 2 nitrogen and oxygen atoms in total. The van der Waals surface area contributed by atoms with Gasteiger partial charge in [0.2, 0.25) is 0 Å². The van der Waals surface area contributed by atoms with Gasteiger partial charge < -0.3 is 4.74 Å². The van der Waals surface area contributed by atoms with Crippen molar-refractivity contribution in [1.82, 2.24) is 0 Å². The molecule has 76 valence electrons. The van der Waals surface area contributed by atoms with Gasteiger partial charge in [0.1, 0.15) is 5.60 Å². The van der Waals surface area contributed by atoms with Crippen molar-refractivity contribution in [2.75, 3.05) is 5.33 Å². The largest absolute Gasteiger partial charge is 0.460 e. The molecular weight excluding hydrogens is 232 g/mol. The highest BCUT2D eigenvalue weighted by molar-refractivity contribution is 9.09. The monoisotopic (exact) mass is 248 g/mol. The fourth-order valence-electron chi connectivity index (χ4n) is 1.44. The minimum atomic E-state index is -0.344. The minimum absolute atomic E-state index is 0.0248. The van der Waals surface area contributed by atoms with Crippen LogP contribution in [0.2, 0.25) is 0 Å². The van der Waals surface area contributed by atoms with E-state index < -0.39 is 0 Å². The number of hydrogen-bond donors (Lipinski definition) is 0. The Bertz CT molecular complexity index is 194. The third kappa shape index (κ3) is 2.97. The Kier molecular flexibility index (Phi) is 3.38. The molecular formula is C10H17BrO2. The van der Waals surface area contributed by atoms with E-state index >= 15 is 0 Å². The number of alkyl halides is 1. The Labute approximate surface area is 88.2 Å². The van der Waals surface area contributed by atoms with E-state index in [1.807, 2.05) is 20.8 Å². The number of halogens is 1. The molecule has 1 rings (SSSR count). The predicted octanol–water partition coefficient (Wildman–Crippen LogP) is 2.75. The van der Waals surface area contributed by atoms with E-state index in [2.05, 4.69) is 15.9 Å². The van der Waals surface area contributed by atoms with Crippen LogP contribution in [-0.2, 0) is 9.53 Å². The van der Waals surface area contributed by atoms with Gasteiger partial charge >= 0.3 is 5.97 Å². The average molecular weight is 249 g/mol. The van der Waals surface area contributed by atoms with Crippen LogP contribution in [-0.4, -0.2) is 16.9 Å². The highest BCUT2D eigenvalue weighted by Crippen LogP contribution is 2.37. The zero-order valence-electron chi connectivity index (χ0n) is 8.47. The SMILES string of the molecule is CC(C)(C)OC(=O)[C@@H]1CC[C@H]1CBr. The van der Waals surface area contributed by atoms with E-state index in [9.17, 15) is 4.79 Å². The molecule has 0 heterocycles. The summed E-state index contributed by atoms with van der Waals surface area (Å²) in [6.45, 7) is 5.73. The van der Waals surface area contributed by atoms with Crippen molar-refractivity contribution in [3.8, 4) is 0 Å². The Balaban J connectivity index is 2.40. The van der Waals surface area contributed by atoms with Crippen LogP contribution < -0.4 is 0 Å². The maximum atomic E-state index is 11.6. The van der Waals surface area contributed by atoms with Crippen LogP contribution in [0.4, 0.5) is 0 Å². The zero-order chi connectivity index (χ0) is 10.1. The molecule has 0 amide bonds. The number of ether oxygens (including phenoxy) is 1. The van der Waals surface area contributed by atoms with Crippen molar-refractivity contribution in [2.24, 2.45) is 11.8 Å². The Morgan fingerprint density at radius 2 is 2.08 bits per heavy atom. The van der Waals surface area contributed by atoms with Crippen LogP contribution in [0.3, 0.4) is 0 Å². The molecule has 0 N–H and O–H groups in total. The van der Waals surface area contributed by atoms with Crippen LogP contribution in [0.25, 0.3) is 0 Å². The number of esters is 1. The van der Waals surface area contributed by atoms with E-state index in [1.54, 1.807) is 0 Å². The van der Waals surface area contributed by atoms with E-state index in [4.69, 9.17) is 4.74 Å². The number of rotatable bonds is 2. The normalized spacial score (nSPS) is 28.0. The first-order chi connectivity index (χ1) is 5.94. The molecule has 1 aliphatic rings. The molecule has 0 aromatic rings. The van der Waals surface area contributed by atoms with Crippen molar-refractivity contribution in [3.63, 3.8) is 0 Å². The first-order valence-electron chi connectivity index (χ1n) is 4.73. The van der Waals surface area contributed by atoms with E-state index in [0.717, 1.165) is 18.2 Å². The molecule has 0 radical (unpaired) electrons. The van der Waals surface area contributed by atoms with Gasteiger partial charge in [0.15, 0.2) is 0 Å². The standard InChI is InChI=1S/C10H17BrO2/c1-10(2,3)13-9(12)8-5-4-7(8)6-11/h7-8H,4-6H2,1-3H3/t7-,8+/m0/s1. The lowest BCUT2D eigenvalue weighted by Gasteiger charge is -2.35. The lowest BCUT2D eigenvalue weighted by Crippen LogP contribution is -2.38. The van der Waals surface area contributed by atoms with Crippen molar-refractivity contribution >= 4 is 21.9 Å². The Morgan fingerprint density at radius 1 is 1.46 bits per heavy atom. The fraction of sp³-hybridized carbons (Fsp3) is 0.900. The maximum Gasteiger partial charge on any atom is 0.309 e. The third-order valence-corrected chi connectivity index (χ3v) is 3.16. The van der Waals surface area contributed by atoms with Gasteiger partial charge in [-0.3, -0.25) is 4.79 Å². The van der Waals surface area contributed by atoms with Crippen molar-refractivity contribution in [2.45, 2.75) is 39.2 Å². The smallest absolute Gasteiger partial charge is 0.309 e. The van der Waals surface area contributed by atoms with Crippen molar-refractivity contribution < 1.29 is 9.53 Å². The highest BCUT2D eigenvalue weighted by atomic mass is 79.9. The van der Waals surface area contributed by atoms with Crippen LogP contribution >= 0.6 is 15.9 Å². The Morgan fingerprint density at radius 3 is 2.38 bits per heavy atom. The van der Waals surface area contributed by atoms with Gasteiger partial charge in [-0.1, -0.05) is 15.9 Å². The predicted molar refractivity (Wildman–Crippen MR) is 55.9 cm³/mol. The maximum absolute atomic E-state index is 11.6. The van der Waals surface area contributed by atoms with Crippen molar-refractivity contribution in [3.05, 3.63) is 0 Å². The molecule has 0 saturated heterocycles. The summed E-state index contributed by atoms with van der Waals surface area (Å²) in [5.74, 6) is 0.608. The topological polar surface area (TPSA) is 26.3 Å². The van der Waals surface area contributed by atoms with Crippen LogP contribution in [0.1, 0.15) is 33.6 Å². The van der Waals surface area contributed by atoms with Gasteiger partial charge in [-0.2, -0.15) is 0 Å². The highest BCUT2D eigenvalue weighted by Gasteiger charge is 2.38. The van der Waals surface area contributed by atoms with Gasteiger partial charge in [-0.05, 0) is 39.5 Å². The first kappa shape index (κ1) is 11.0. The molecule has 0 aromatic heterocycles. The summed E-state index contributed by atoms with van der Waals surface area (Å²) >= 11 is 3.41. The lowest BCUT2D eigenvalue weighted by molar-refractivity contribution is -0.165. The summed E-state index contributed by atoms with van der Waals surface area (Å²) in [6.07, 6.45) is 2.14. The molecule has 0 aliphatic heterocycles. The summed E-state index contributed by atoms with van der Waals surface area (Å²) in [7, 11) is 0. The molecule has 1 aliphatic carbocycles. The van der Waals surface area contributed by atoms with Gasteiger partial charge in [-0.25, -0.2) is 0 Å². The van der Waals surface area contributed by atoms with Gasteiger partial charge in [-0.15, -0.1) is 0 Å². The second kappa shape index (κ2) is 3.99. The van der Waals surface area contributed by atoms with Gasteiger partial charge in [0.25, 0.3) is 0 Å². The van der Waals surface area contributed by atoms with Crippen molar-refractivity contribution in [1.29, 1.82) is 0 Å². The quantitative estimate of drug-likeness (QED) is 0.555. The first-order valence-corrected chi connectivity index (χ1v) is 5.85. The summed E-state index contributed by atoms with van der Waals surface area (Å²) in [5, 5.41) is 0.914. The molecule has 2 atom stereocenters. The number of hydrogen-bond acceptors (Lipinski definition) is 2. The molecule has 0 unspecified atom stereocenters. The van der Waals surface area contributed by atoms with E-state index in [0.29, 0.717) is 5.92 Å². The van der Waals surface area contributed by atoms with Gasteiger partial charge in [0, 0.05) is 5.33 Å². The summed E-state index contributed by atoms with van der Waals surface area (Å²) in [4.78, 5) is 11.6. The van der Waals surface area contributed by atoms with E-state index in [1.165, 1.54) is 0 Å². The van der Waals surface area contributed by atoms with Crippen LogP contribution in [0.15, 0.2) is 0 Å². The second-order valence-electron chi connectivity index (χ2n) is 4.63. The summed E-state index contributed by atoms with van der Waals surface area (Å²) in [5.41, 5.74) is -0.344. The van der Waals surface area contributed by atoms with Crippen LogP contribution in [0.5, 0.6) is 0 Å². The summed E-state index contributed by atoms with van der Waals surface area (Å²) in [6, 6.07) is 0. The Hall–Kier alpha value is -0.0500. The second-order valence-corrected chi connectivity index (χ2v) is 5.28. The zero-order valence-corrected chi connectivity index (χ0v) is 10.1. The molecule has 3 heteroatoms. The number of carbonyl (C=O) groups is 1. The third-order valence-electron chi connectivity index (χ3n) is 2.33. The molecule has 0 aromatic carbocycles. The average Bonchev–Trinajstić information content (AvgIpc) is 1.80. The number of carbonyl (C=O) groups excluding carboxylic acids is 1. The molecule has 0 spiro atoms. The molecule has 1 saturated carbocycles. The van der Waals surface area contributed by atoms with Gasteiger partial charge in [0.05, 0.1) is 5.92 Å². The lowest BCUT2D eigenvalue weighted by atomic mass is 9.75. The van der Waals surface area contributed by atoms with Crippen LogP contribution in [0, 0.1) is 11.8 Å². The van der Waals surface area contributed by atoms with E-state index in [-0.39, 0.29) is 17.5 Å². The minimum Gasteiger partial charge on any atom is -0.460 e. The summed E-state index contributed by atoms with van der Waals surface area (Å²) < 4.78 is 5.31. The fourth-order valence-corrected chi connectivity index (χ4v) is 2.22.